The number of hydrogen-bond donors (Lipinski definition) is 1. The van der Waals surface area contributed by atoms with Gasteiger partial charge in [0.1, 0.15) is 5.60 Å². The molecule has 0 saturated carbocycles. The highest BCUT2D eigenvalue weighted by molar-refractivity contribution is 7.90. The molecular formula is C16H24N2O4S. The number of nitrogens with zero attached hydrogens (tertiary/aromatic N) is 1. The van der Waals surface area contributed by atoms with Crippen LogP contribution in [-0.2, 0) is 14.6 Å². The average Bonchev–Trinajstić information content (AvgIpc) is 2.35. The number of amides is 1. The van der Waals surface area contributed by atoms with Gasteiger partial charge in [-0.05, 0) is 45.7 Å². The minimum atomic E-state index is -3.27. The highest BCUT2D eigenvalue weighted by Crippen LogP contribution is 2.11. The van der Waals surface area contributed by atoms with Crippen LogP contribution >= 0.6 is 0 Å². The molecule has 6 nitrogen and oxygen atoms in total. The van der Waals surface area contributed by atoms with E-state index in [4.69, 9.17) is 4.74 Å². The van der Waals surface area contributed by atoms with Gasteiger partial charge in [-0.2, -0.15) is 0 Å². The van der Waals surface area contributed by atoms with Crippen molar-refractivity contribution in [2.24, 2.45) is 0 Å². The Balaban J connectivity index is 2.58. The molecule has 1 N–H and O–H groups in total. The molecule has 128 valence electrons. The maximum atomic E-state index is 11.6. The zero-order valence-corrected chi connectivity index (χ0v) is 15.0. The number of alkyl carbamates (subject to hydrolysis) is 1. The molecule has 1 atom stereocenters. The van der Waals surface area contributed by atoms with Gasteiger partial charge in [-0.3, -0.25) is 4.98 Å². The molecule has 0 bridgehead atoms. The van der Waals surface area contributed by atoms with Crippen LogP contribution in [-0.4, -0.2) is 37.4 Å². The third-order valence-corrected chi connectivity index (χ3v) is 3.81. The van der Waals surface area contributed by atoms with Gasteiger partial charge in [0.25, 0.3) is 0 Å². The van der Waals surface area contributed by atoms with E-state index in [-0.39, 0.29) is 10.9 Å². The van der Waals surface area contributed by atoms with Crippen LogP contribution in [0.1, 0.15) is 39.7 Å². The molecule has 1 aromatic rings. The molecule has 0 aliphatic heterocycles. The van der Waals surface area contributed by atoms with Crippen LogP contribution in [0.5, 0.6) is 0 Å². The third-order valence-electron chi connectivity index (χ3n) is 2.73. The zero-order valence-electron chi connectivity index (χ0n) is 14.2. The lowest BCUT2D eigenvalue weighted by atomic mass is 10.2. The van der Waals surface area contributed by atoms with Crippen LogP contribution in [0.2, 0.25) is 0 Å². The highest BCUT2D eigenvalue weighted by atomic mass is 32.2. The SMILES string of the molecule is C[C@@H](C/C=C/c1cncc(S(C)(=O)=O)c1)NC(=O)OC(C)(C)C. The molecule has 0 unspecified atom stereocenters. The summed E-state index contributed by atoms with van der Waals surface area (Å²) in [6.07, 6.45) is 7.79. The predicted octanol–water partition coefficient (Wildman–Crippen LogP) is 2.80. The van der Waals surface area contributed by atoms with Crippen molar-refractivity contribution < 1.29 is 17.9 Å². The van der Waals surface area contributed by atoms with Crippen molar-refractivity contribution in [3.63, 3.8) is 0 Å². The summed E-state index contributed by atoms with van der Waals surface area (Å²) in [6, 6.07) is 1.46. The summed E-state index contributed by atoms with van der Waals surface area (Å²) in [5, 5.41) is 2.73. The summed E-state index contributed by atoms with van der Waals surface area (Å²) in [4.78, 5) is 15.7. The smallest absolute Gasteiger partial charge is 0.407 e. The molecule has 1 rings (SSSR count). The summed E-state index contributed by atoms with van der Waals surface area (Å²) >= 11 is 0. The Kier molecular flexibility index (Phi) is 6.32. The summed E-state index contributed by atoms with van der Waals surface area (Å²) in [7, 11) is -3.27. The topological polar surface area (TPSA) is 85.4 Å². The van der Waals surface area contributed by atoms with Gasteiger partial charge in [-0.1, -0.05) is 12.2 Å². The fourth-order valence-corrected chi connectivity index (χ4v) is 2.31. The van der Waals surface area contributed by atoms with E-state index >= 15 is 0 Å². The largest absolute Gasteiger partial charge is 0.444 e. The lowest BCUT2D eigenvalue weighted by molar-refractivity contribution is 0.0509. The molecule has 1 aromatic heterocycles. The number of carbonyl (C=O) groups excluding carboxylic acids is 1. The van der Waals surface area contributed by atoms with E-state index < -0.39 is 21.5 Å². The Bertz CT molecular complexity index is 676. The number of ether oxygens (including phenoxy) is 1. The van der Waals surface area contributed by atoms with Crippen molar-refractivity contribution in [3.8, 4) is 0 Å². The standard InChI is InChI=1S/C16H24N2O4S/c1-12(18-15(19)22-16(2,3)4)7-6-8-13-9-14(11-17-10-13)23(5,20)21/h6,8-12H,7H2,1-5H3,(H,18,19)/b8-6+/t12-/m0/s1. The molecule has 0 aliphatic carbocycles. The van der Waals surface area contributed by atoms with Gasteiger partial charge in [-0.15, -0.1) is 0 Å². The van der Waals surface area contributed by atoms with Crippen molar-refractivity contribution in [3.05, 3.63) is 30.1 Å². The van der Waals surface area contributed by atoms with Crippen LogP contribution in [0, 0.1) is 0 Å². The third kappa shape index (κ3) is 7.78. The Morgan fingerprint density at radius 1 is 1.39 bits per heavy atom. The molecular weight excluding hydrogens is 316 g/mol. The van der Waals surface area contributed by atoms with Crippen LogP contribution in [0.25, 0.3) is 6.08 Å². The first-order valence-corrected chi connectivity index (χ1v) is 9.18. The van der Waals surface area contributed by atoms with E-state index in [1.165, 1.54) is 6.20 Å². The first-order chi connectivity index (χ1) is 10.5. The van der Waals surface area contributed by atoms with Gasteiger partial charge in [0.05, 0.1) is 4.90 Å². The molecule has 0 spiro atoms. The van der Waals surface area contributed by atoms with Crippen LogP contribution in [0.15, 0.2) is 29.4 Å². The van der Waals surface area contributed by atoms with E-state index in [1.54, 1.807) is 39.1 Å². The number of hydrogen-bond acceptors (Lipinski definition) is 5. The van der Waals surface area contributed by atoms with E-state index in [0.29, 0.717) is 12.0 Å². The molecule has 0 aromatic carbocycles. The first kappa shape index (κ1) is 19.2. The Morgan fingerprint density at radius 2 is 2.04 bits per heavy atom. The fraction of sp³-hybridized carbons (Fsp3) is 0.500. The molecule has 1 amide bonds. The maximum absolute atomic E-state index is 11.6. The van der Waals surface area contributed by atoms with Gasteiger partial charge in [0, 0.05) is 24.7 Å². The molecule has 0 radical (unpaired) electrons. The van der Waals surface area contributed by atoms with Crippen molar-refractivity contribution in [1.82, 2.24) is 10.3 Å². The van der Waals surface area contributed by atoms with E-state index in [0.717, 1.165) is 6.26 Å². The molecule has 0 fully saturated rings. The second kappa shape index (κ2) is 7.59. The Labute approximate surface area is 137 Å². The van der Waals surface area contributed by atoms with Crippen molar-refractivity contribution >= 4 is 22.0 Å². The number of carbonyl (C=O) groups is 1. The summed E-state index contributed by atoms with van der Waals surface area (Å²) in [6.45, 7) is 7.27. The first-order valence-electron chi connectivity index (χ1n) is 7.28. The summed E-state index contributed by atoms with van der Waals surface area (Å²) < 4.78 is 28.1. The molecule has 0 aliphatic rings. The normalized spacial score (nSPS) is 13.8. The number of aromatic nitrogens is 1. The Hall–Kier alpha value is -1.89. The molecule has 23 heavy (non-hydrogen) atoms. The minimum absolute atomic E-state index is 0.104. The molecule has 1 heterocycles. The second-order valence-corrected chi connectivity index (χ2v) is 8.43. The van der Waals surface area contributed by atoms with Crippen LogP contribution < -0.4 is 5.32 Å². The fourth-order valence-electron chi connectivity index (χ4n) is 1.71. The average molecular weight is 340 g/mol. The lowest BCUT2D eigenvalue weighted by Crippen LogP contribution is -2.37. The van der Waals surface area contributed by atoms with Gasteiger partial charge in [0.15, 0.2) is 9.84 Å². The van der Waals surface area contributed by atoms with Gasteiger partial charge < -0.3 is 10.1 Å². The number of nitrogens with one attached hydrogen (secondary N) is 1. The van der Waals surface area contributed by atoms with E-state index in [9.17, 15) is 13.2 Å². The van der Waals surface area contributed by atoms with Crippen LogP contribution in [0.3, 0.4) is 0 Å². The molecule has 7 heteroatoms. The van der Waals surface area contributed by atoms with Gasteiger partial charge >= 0.3 is 6.09 Å². The van der Waals surface area contributed by atoms with E-state index in [2.05, 4.69) is 10.3 Å². The number of pyridine rings is 1. The number of rotatable bonds is 5. The van der Waals surface area contributed by atoms with Crippen molar-refractivity contribution in [2.75, 3.05) is 6.26 Å². The second-order valence-electron chi connectivity index (χ2n) is 6.41. The monoisotopic (exact) mass is 340 g/mol. The zero-order chi connectivity index (χ0) is 17.7. The number of sulfone groups is 1. The van der Waals surface area contributed by atoms with Crippen LogP contribution in [0.4, 0.5) is 4.79 Å². The lowest BCUT2D eigenvalue weighted by Gasteiger charge is -2.21. The van der Waals surface area contributed by atoms with Crippen molar-refractivity contribution in [2.45, 2.75) is 50.7 Å². The highest BCUT2D eigenvalue weighted by Gasteiger charge is 2.17. The summed E-state index contributed by atoms with van der Waals surface area (Å²) in [5.41, 5.74) is 0.162. The predicted molar refractivity (Wildman–Crippen MR) is 89.8 cm³/mol. The quantitative estimate of drug-likeness (QED) is 0.891. The van der Waals surface area contributed by atoms with Crippen molar-refractivity contribution in [1.29, 1.82) is 0 Å². The van der Waals surface area contributed by atoms with Gasteiger partial charge in [-0.25, -0.2) is 13.2 Å². The summed E-state index contributed by atoms with van der Waals surface area (Å²) in [5.74, 6) is 0. The maximum Gasteiger partial charge on any atom is 0.407 e. The molecule has 0 saturated heterocycles. The Morgan fingerprint density at radius 3 is 2.61 bits per heavy atom. The minimum Gasteiger partial charge on any atom is -0.444 e. The van der Waals surface area contributed by atoms with Gasteiger partial charge in [0.2, 0.25) is 0 Å². The van der Waals surface area contributed by atoms with E-state index in [1.807, 2.05) is 13.0 Å².